The van der Waals surface area contributed by atoms with Gasteiger partial charge < -0.3 is 18.6 Å². The standard InChI is InChI=1S/C19H20N2O4/c1-4-20(14-7-5-6-13(2)10-14)18(22)12-21-15-8-9-25-17(15)11-16(21)19(23)24-3/h5-11H,4,12H2,1-3H3. The van der Waals surface area contributed by atoms with E-state index in [4.69, 9.17) is 9.15 Å². The maximum atomic E-state index is 12.9. The van der Waals surface area contributed by atoms with E-state index in [2.05, 4.69) is 0 Å². The van der Waals surface area contributed by atoms with E-state index in [1.807, 2.05) is 38.1 Å². The second-order valence-corrected chi connectivity index (χ2v) is 5.75. The van der Waals surface area contributed by atoms with Crippen molar-refractivity contribution in [3.05, 3.63) is 53.9 Å². The summed E-state index contributed by atoms with van der Waals surface area (Å²) in [5, 5.41) is 0. The molecule has 3 aromatic rings. The molecule has 6 heteroatoms. The van der Waals surface area contributed by atoms with Gasteiger partial charge in [0, 0.05) is 24.4 Å². The molecule has 0 aliphatic rings. The van der Waals surface area contributed by atoms with Crippen LogP contribution >= 0.6 is 0 Å². The van der Waals surface area contributed by atoms with Crippen molar-refractivity contribution in [2.75, 3.05) is 18.6 Å². The monoisotopic (exact) mass is 340 g/mol. The SMILES string of the molecule is CCN(C(=O)Cn1c(C(=O)OC)cc2occc21)c1cccc(C)c1. The highest BCUT2D eigenvalue weighted by Crippen LogP contribution is 2.23. The molecule has 0 atom stereocenters. The van der Waals surface area contributed by atoms with E-state index in [-0.39, 0.29) is 12.5 Å². The van der Waals surface area contributed by atoms with Crippen LogP contribution in [0.5, 0.6) is 0 Å². The number of benzene rings is 1. The summed E-state index contributed by atoms with van der Waals surface area (Å²) in [6.45, 7) is 4.46. The van der Waals surface area contributed by atoms with Gasteiger partial charge in [0.15, 0.2) is 5.58 Å². The molecule has 130 valence electrons. The zero-order valence-corrected chi connectivity index (χ0v) is 14.5. The van der Waals surface area contributed by atoms with E-state index >= 15 is 0 Å². The summed E-state index contributed by atoms with van der Waals surface area (Å²) in [7, 11) is 1.31. The summed E-state index contributed by atoms with van der Waals surface area (Å²) in [5.41, 5.74) is 3.45. The van der Waals surface area contributed by atoms with Crippen molar-refractivity contribution in [3.8, 4) is 0 Å². The Balaban J connectivity index is 1.95. The van der Waals surface area contributed by atoms with Gasteiger partial charge in [-0.25, -0.2) is 4.79 Å². The summed E-state index contributed by atoms with van der Waals surface area (Å²) >= 11 is 0. The van der Waals surface area contributed by atoms with Crippen LogP contribution in [-0.2, 0) is 16.1 Å². The fraction of sp³-hybridized carbons (Fsp3) is 0.263. The molecule has 3 rings (SSSR count). The number of anilines is 1. The molecule has 25 heavy (non-hydrogen) atoms. The number of nitrogens with zero attached hydrogens (tertiary/aromatic N) is 2. The van der Waals surface area contributed by atoms with E-state index in [0.717, 1.165) is 11.3 Å². The van der Waals surface area contributed by atoms with Gasteiger partial charge in [-0.3, -0.25) is 4.79 Å². The van der Waals surface area contributed by atoms with E-state index < -0.39 is 5.97 Å². The molecule has 0 N–H and O–H groups in total. The minimum atomic E-state index is -0.502. The van der Waals surface area contributed by atoms with Crippen LogP contribution in [0.3, 0.4) is 0 Å². The van der Waals surface area contributed by atoms with Crippen molar-refractivity contribution < 1.29 is 18.7 Å². The first-order chi connectivity index (χ1) is 12.0. The van der Waals surface area contributed by atoms with Gasteiger partial charge >= 0.3 is 5.97 Å². The van der Waals surface area contributed by atoms with Gasteiger partial charge in [0.25, 0.3) is 0 Å². The van der Waals surface area contributed by atoms with E-state index in [1.54, 1.807) is 21.6 Å². The van der Waals surface area contributed by atoms with Gasteiger partial charge in [0.2, 0.25) is 5.91 Å². The molecule has 2 aromatic heterocycles. The van der Waals surface area contributed by atoms with Crippen LogP contribution in [0, 0.1) is 6.92 Å². The Morgan fingerprint density at radius 1 is 1.24 bits per heavy atom. The Morgan fingerprint density at radius 3 is 2.72 bits per heavy atom. The maximum absolute atomic E-state index is 12.9. The highest BCUT2D eigenvalue weighted by molar-refractivity contribution is 5.98. The predicted octanol–water partition coefficient (Wildman–Crippen LogP) is 3.38. The van der Waals surface area contributed by atoms with Crippen LogP contribution in [0.4, 0.5) is 5.69 Å². The van der Waals surface area contributed by atoms with Crippen LogP contribution in [0.2, 0.25) is 0 Å². The molecule has 6 nitrogen and oxygen atoms in total. The Kier molecular flexibility index (Phi) is 4.61. The third-order valence-electron chi connectivity index (χ3n) is 4.14. The lowest BCUT2D eigenvalue weighted by Crippen LogP contribution is -2.34. The number of amides is 1. The van der Waals surface area contributed by atoms with Gasteiger partial charge in [-0.1, -0.05) is 12.1 Å². The molecule has 1 amide bonds. The number of hydrogen-bond acceptors (Lipinski definition) is 4. The molecule has 0 radical (unpaired) electrons. The molecule has 0 fully saturated rings. The molecule has 0 unspecified atom stereocenters. The molecule has 0 bridgehead atoms. The highest BCUT2D eigenvalue weighted by atomic mass is 16.5. The number of hydrogen-bond donors (Lipinski definition) is 0. The number of fused-ring (bicyclic) bond motifs is 1. The summed E-state index contributed by atoms with van der Waals surface area (Å²) in [6, 6.07) is 11.1. The third-order valence-corrected chi connectivity index (χ3v) is 4.14. The first-order valence-electron chi connectivity index (χ1n) is 8.07. The van der Waals surface area contributed by atoms with Crippen molar-refractivity contribution in [2.24, 2.45) is 0 Å². The number of likely N-dealkylation sites (N-methyl/N-ethyl adjacent to an activating group) is 1. The second kappa shape index (κ2) is 6.84. The average Bonchev–Trinajstić information content (AvgIpc) is 3.17. The lowest BCUT2D eigenvalue weighted by atomic mass is 10.2. The Morgan fingerprint density at radius 2 is 2.04 bits per heavy atom. The second-order valence-electron chi connectivity index (χ2n) is 5.75. The quantitative estimate of drug-likeness (QED) is 0.668. The number of esters is 1. The molecule has 1 aromatic carbocycles. The predicted molar refractivity (Wildman–Crippen MR) is 94.7 cm³/mol. The molecular weight excluding hydrogens is 320 g/mol. The number of rotatable bonds is 5. The smallest absolute Gasteiger partial charge is 0.354 e. The fourth-order valence-corrected chi connectivity index (χ4v) is 2.94. The zero-order valence-electron chi connectivity index (χ0n) is 14.5. The topological polar surface area (TPSA) is 64.7 Å². The summed E-state index contributed by atoms with van der Waals surface area (Å²) in [6.07, 6.45) is 1.53. The van der Waals surface area contributed by atoms with Crippen LogP contribution in [0.15, 0.2) is 47.1 Å². The third kappa shape index (κ3) is 3.15. The lowest BCUT2D eigenvalue weighted by Gasteiger charge is -2.22. The van der Waals surface area contributed by atoms with Crippen molar-refractivity contribution in [3.63, 3.8) is 0 Å². The number of carbonyl (C=O) groups is 2. The van der Waals surface area contributed by atoms with Crippen molar-refractivity contribution >= 4 is 28.7 Å². The van der Waals surface area contributed by atoms with Gasteiger partial charge in [-0.2, -0.15) is 0 Å². The van der Waals surface area contributed by atoms with Gasteiger partial charge in [-0.05, 0) is 31.5 Å². The van der Waals surface area contributed by atoms with Crippen LogP contribution in [-0.4, -0.2) is 30.1 Å². The number of aromatic nitrogens is 1. The molecular formula is C19H20N2O4. The largest absolute Gasteiger partial charge is 0.464 e. The molecule has 2 heterocycles. The Bertz CT molecular complexity index is 923. The minimum absolute atomic E-state index is 0.0231. The number of methoxy groups -OCH3 is 1. The summed E-state index contributed by atoms with van der Waals surface area (Å²) in [4.78, 5) is 26.6. The number of furan rings is 1. The van der Waals surface area contributed by atoms with Crippen LogP contribution in [0.25, 0.3) is 11.1 Å². The molecule has 0 aliphatic heterocycles. The number of aryl methyl sites for hydroxylation is 1. The molecule has 0 saturated carbocycles. The Labute approximate surface area is 145 Å². The molecule has 0 saturated heterocycles. The maximum Gasteiger partial charge on any atom is 0.354 e. The minimum Gasteiger partial charge on any atom is -0.464 e. The van der Waals surface area contributed by atoms with Gasteiger partial charge in [0.1, 0.15) is 12.2 Å². The van der Waals surface area contributed by atoms with Crippen molar-refractivity contribution in [2.45, 2.75) is 20.4 Å². The average molecular weight is 340 g/mol. The lowest BCUT2D eigenvalue weighted by molar-refractivity contribution is -0.119. The first-order valence-corrected chi connectivity index (χ1v) is 8.07. The van der Waals surface area contributed by atoms with E-state index in [1.165, 1.54) is 13.4 Å². The van der Waals surface area contributed by atoms with Crippen molar-refractivity contribution in [1.29, 1.82) is 0 Å². The summed E-state index contributed by atoms with van der Waals surface area (Å²) < 4.78 is 11.8. The Hall–Kier alpha value is -3.02. The normalized spacial score (nSPS) is 10.8. The van der Waals surface area contributed by atoms with Crippen LogP contribution in [0.1, 0.15) is 23.0 Å². The first kappa shape index (κ1) is 16.8. The van der Waals surface area contributed by atoms with E-state index in [9.17, 15) is 9.59 Å². The fourth-order valence-electron chi connectivity index (χ4n) is 2.94. The summed E-state index contributed by atoms with van der Waals surface area (Å²) in [5.74, 6) is -0.616. The van der Waals surface area contributed by atoms with Gasteiger partial charge in [-0.15, -0.1) is 0 Å². The van der Waals surface area contributed by atoms with Crippen molar-refractivity contribution in [1.82, 2.24) is 4.57 Å². The van der Waals surface area contributed by atoms with Gasteiger partial charge in [0.05, 0.1) is 18.9 Å². The van der Waals surface area contributed by atoms with E-state index in [0.29, 0.717) is 23.3 Å². The highest BCUT2D eigenvalue weighted by Gasteiger charge is 2.22. The zero-order chi connectivity index (χ0) is 18.0. The molecule has 0 spiro atoms. The number of ether oxygens (including phenoxy) is 1. The van der Waals surface area contributed by atoms with Crippen LogP contribution < -0.4 is 4.90 Å². The molecule has 0 aliphatic carbocycles. The number of carbonyl (C=O) groups excluding carboxylic acids is 2.